The van der Waals surface area contributed by atoms with Crippen molar-refractivity contribution in [2.75, 3.05) is 19.6 Å². The Hall–Kier alpha value is -1.13. The Morgan fingerprint density at radius 2 is 2.00 bits per heavy atom. The standard InChI is InChI=1S/C16H21FN2O.ClH/c17-14-6-2-1-5-13(14)11-19-10-4-8-16(15(19)20)7-3-9-18-12-16;/h1-2,5-6,18H,3-4,7-12H2;1H. The van der Waals surface area contributed by atoms with E-state index in [4.69, 9.17) is 0 Å². The van der Waals surface area contributed by atoms with Crippen LogP contribution in [0.25, 0.3) is 0 Å². The molecule has 1 aromatic rings. The normalized spacial score (nSPS) is 25.8. The summed E-state index contributed by atoms with van der Waals surface area (Å²) < 4.78 is 13.8. The van der Waals surface area contributed by atoms with E-state index in [-0.39, 0.29) is 29.5 Å². The number of likely N-dealkylation sites (tertiary alicyclic amines) is 1. The molecule has 0 aromatic heterocycles. The van der Waals surface area contributed by atoms with Crippen molar-refractivity contribution in [1.82, 2.24) is 10.2 Å². The molecule has 0 radical (unpaired) electrons. The summed E-state index contributed by atoms with van der Waals surface area (Å²) in [4.78, 5) is 14.6. The third-order valence-corrected chi connectivity index (χ3v) is 4.62. The van der Waals surface area contributed by atoms with Gasteiger partial charge in [0.25, 0.3) is 0 Å². The van der Waals surface area contributed by atoms with E-state index in [2.05, 4.69) is 5.32 Å². The van der Waals surface area contributed by atoms with Crippen LogP contribution in [0.5, 0.6) is 0 Å². The minimum Gasteiger partial charge on any atom is -0.338 e. The minimum atomic E-state index is -0.234. The molecule has 1 aromatic carbocycles. The molecular weight excluding hydrogens is 291 g/mol. The molecule has 2 aliphatic heterocycles. The molecule has 2 aliphatic rings. The zero-order valence-corrected chi connectivity index (χ0v) is 12.9. The van der Waals surface area contributed by atoms with E-state index in [1.54, 1.807) is 12.1 Å². The van der Waals surface area contributed by atoms with E-state index >= 15 is 0 Å². The van der Waals surface area contributed by atoms with Gasteiger partial charge in [-0.15, -0.1) is 12.4 Å². The van der Waals surface area contributed by atoms with Crippen LogP contribution >= 0.6 is 12.4 Å². The molecule has 2 saturated heterocycles. The van der Waals surface area contributed by atoms with Gasteiger partial charge in [-0.1, -0.05) is 18.2 Å². The fourth-order valence-electron chi connectivity index (χ4n) is 3.50. The van der Waals surface area contributed by atoms with E-state index in [0.29, 0.717) is 12.1 Å². The first kappa shape index (κ1) is 16.2. The fourth-order valence-corrected chi connectivity index (χ4v) is 3.50. The molecule has 116 valence electrons. The van der Waals surface area contributed by atoms with Gasteiger partial charge in [-0.3, -0.25) is 4.79 Å². The first-order valence-electron chi connectivity index (χ1n) is 7.45. The lowest BCUT2D eigenvalue weighted by molar-refractivity contribution is -0.148. The molecule has 21 heavy (non-hydrogen) atoms. The first-order valence-corrected chi connectivity index (χ1v) is 7.45. The number of benzene rings is 1. The fraction of sp³-hybridized carbons (Fsp3) is 0.562. The molecule has 2 heterocycles. The van der Waals surface area contributed by atoms with Gasteiger partial charge in [0.1, 0.15) is 5.82 Å². The quantitative estimate of drug-likeness (QED) is 0.910. The summed E-state index contributed by atoms with van der Waals surface area (Å²) in [7, 11) is 0. The maximum Gasteiger partial charge on any atom is 0.230 e. The van der Waals surface area contributed by atoms with E-state index in [1.165, 1.54) is 6.07 Å². The second kappa shape index (κ2) is 6.75. The van der Waals surface area contributed by atoms with Gasteiger partial charge in [0.15, 0.2) is 0 Å². The van der Waals surface area contributed by atoms with E-state index in [9.17, 15) is 9.18 Å². The lowest BCUT2D eigenvalue weighted by atomic mass is 9.73. The van der Waals surface area contributed by atoms with Crippen LogP contribution in [-0.2, 0) is 11.3 Å². The predicted molar refractivity (Wildman–Crippen MR) is 82.8 cm³/mol. The zero-order valence-electron chi connectivity index (χ0n) is 12.1. The highest BCUT2D eigenvalue weighted by atomic mass is 35.5. The molecule has 2 fully saturated rings. The summed E-state index contributed by atoms with van der Waals surface area (Å²) in [5.41, 5.74) is 0.378. The largest absolute Gasteiger partial charge is 0.338 e. The van der Waals surface area contributed by atoms with Gasteiger partial charge < -0.3 is 10.2 Å². The van der Waals surface area contributed by atoms with Crippen LogP contribution in [-0.4, -0.2) is 30.4 Å². The third-order valence-electron chi connectivity index (χ3n) is 4.62. The summed E-state index contributed by atoms with van der Waals surface area (Å²) in [5.74, 6) is -0.0131. The number of carbonyl (C=O) groups excluding carboxylic acids is 1. The number of amides is 1. The number of rotatable bonds is 2. The van der Waals surface area contributed by atoms with Gasteiger partial charge in [0.05, 0.1) is 5.41 Å². The predicted octanol–water partition coefficient (Wildman–Crippen LogP) is 2.74. The Balaban J connectivity index is 0.00000161. The molecule has 0 saturated carbocycles. The van der Waals surface area contributed by atoms with Crippen molar-refractivity contribution in [1.29, 1.82) is 0 Å². The molecule has 3 rings (SSSR count). The Morgan fingerprint density at radius 1 is 1.24 bits per heavy atom. The maximum atomic E-state index is 13.8. The van der Waals surface area contributed by atoms with Crippen molar-refractivity contribution in [3.8, 4) is 0 Å². The highest BCUT2D eigenvalue weighted by Crippen LogP contribution is 2.37. The van der Waals surface area contributed by atoms with Crippen molar-refractivity contribution >= 4 is 18.3 Å². The summed E-state index contributed by atoms with van der Waals surface area (Å²) in [6, 6.07) is 6.73. The third kappa shape index (κ3) is 3.22. The van der Waals surface area contributed by atoms with Crippen LogP contribution in [0.3, 0.4) is 0 Å². The first-order chi connectivity index (χ1) is 9.71. The van der Waals surface area contributed by atoms with Crippen LogP contribution < -0.4 is 5.32 Å². The maximum absolute atomic E-state index is 13.8. The van der Waals surface area contributed by atoms with Crippen LogP contribution in [0.4, 0.5) is 4.39 Å². The van der Waals surface area contributed by atoms with Crippen LogP contribution in [0.1, 0.15) is 31.2 Å². The number of nitrogens with zero attached hydrogens (tertiary/aromatic N) is 1. The average Bonchev–Trinajstić information content (AvgIpc) is 2.47. The Morgan fingerprint density at radius 3 is 2.71 bits per heavy atom. The van der Waals surface area contributed by atoms with Crippen LogP contribution in [0.2, 0.25) is 0 Å². The number of halogens is 2. The zero-order chi connectivity index (χ0) is 14.0. The van der Waals surface area contributed by atoms with Crippen molar-refractivity contribution in [2.45, 2.75) is 32.2 Å². The monoisotopic (exact) mass is 312 g/mol. The Labute approximate surface area is 131 Å². The molecule has 1 atom stereocenters. The molecule has 1 N–H and O–H groups in total. The molecule has 1 amide bonds. The molecule has 3 nitrogen and oxygen atoms in total. The van der Waals surface area contributed by atoms with Crippen LogP contribution in [0.15, 0.2) is 24.3 Å². The van der Waals surface area contributed by atoms with E-state index in [0.717, 1.165) is 45.3 Å². The highest BCUT2D eigenvalue weighted by molar-refractivity contribution is 5.85. The molecule has 5 heteroatoms. The molecule has 0 aliphatic carbocycles. The second-order valence-corrected chi connectivity index (χ2v) is 5.98. The molecule has 0 bridgehead atoms. The van der Waals surface area contributed by atoms with Crippen molar-refractivity contribution < 1.29 is 9.18 Å². The average molecular weight is 313 g/mol. The smallest absolute Gasteiger partial charge is 0.230 e. The van der Waals surface area contributed by atoms with Crippen molar-refractivity contribution in [3.05, 3.63) is 35.6 Å². The number of hydrogen-bond acceptors (Lipinski definition) is 2. The highest BCUT2D eigenvalue weighted by Gasteiger charge is 2.44. The Kier molecular flexibility index (Phi) is 5.22. The Bertz CT molecular complexity index is 497. The minimum absolute atomic E-state index is 0. The SMILES string of the molecule is Cl.O=C1N(Cc2ccccc2F)CCCC12CCCNC2. The topological polar surface area (TPSA) is 32.3 Å². The molecular formula is C16H22ClFN2O. The van der Waals surface area contributed by atoms with Crippen molar-refractivity contribution in [2.24, 2.45) is 5.41 Å². The van der Waals surface area contributed by atoms with Gasteiger partial charge in [-0.2, -0.15) is 0 Å². The summed E-state index contributed by atoms with van der Waals surface area (Å²) in [5, 5.41) is 3.35. The lowest BCUT2D eigenvalue weighted by Crippen LogP contribution is -2.54. The summed E-state index contributed by atoms with van der Waals surface area (Å²) >= 11 is 0. The van der Waals surface area contributed by atoms with Gasteiger partial charge in [-0.25, -0.2) is 4.39 Å². The summed E-state index contributed by atoms with van der Waals surface area (Å²) in [6.45, 7) is 2.92. The number of carbonyl (C=O) groups is 1. The number of nitrogens with one attached hydrogen (secondary N) is 1. The second-order valence-electron chi connectivity index (χ2n) is 5.98. The van der Waals surface area contributed by atoms with E-state index in [1.807, 2.05) is 11.0 Å². The van der Waals surface area contributed by atoms with Crippen molar-refractivity contribution in [3.63, 3.8) is 0 Å². The van der Waals surface area contributed by atoms with Gasteiger partial charge in [-0.05, 0) is 38.3 Å². The molecule has 1 spiro atoms. The van der Waals surface area contributed by atoms with Gasteiger partial charge in [0.2, 0.25) is 5.91 Å². The van der Waals surface area contributed by atoms with E-state index < -0.39 is 0 Å². The molecule has 1 unspecified atom stereocenters. The number of piperidine rings is 2. The lowest BCUT2D eigenvalue weighted by Gasteiger charge is -2.44. The summed E-state index contributed by atoms with van der Waals surface area (Å²) in [6.07, 6.45) is 4.00. The van der Waals surface area contributed by atoms with Gasteiger partial charge in [0, 0.05) is 25.2 Å². The van der Waals surface area contributed by atoms with Gasteiger partial charge >= 0.3 is 0 Å². The van der Waals surface area contributed by atoms with Crippen LogP contribution in [0, 0.1) is 11.2 Å². The number of hydrogen-bond donors (Lipinski definition) is 1.